The van der Waals surface area contributed by atoms with E-state index in [1.807, 2.05) is 0 Å². The van der Waals surface area contributed by atoms with Crippen LogP contribution in [0.4, 0.5) is 19.0 Å². The van der Waals surface area contributed by atoms with Gasteiger partial charge in [-0.1, -0.05) is 35.4 Å². The standard InChI is InChI=1S/C28H22Cl3F3N4O5/c1-36-24(42)26(30)11-16-14(20(27(26,31)25(36)43)12-3-5-13(39)6-4-12)7-8-15-19(16)23(41)38(22(15)40)37(2)21-17(29)9-10-18(35-21)28(32,33)34/h3-7,9-10,15-16,19-20,39H,8,11H2,1-2H3/t15-,16+,19-,20-,26+,27-/m0/s1. The Morgan fingerprint density at radius 3 is 2.28 bits per heavy atom. The van der Waals surface area contributed by atoms with Gasteiger partial charge in [0, 0.05) is 20.0 Å². The Kier molecular flexibility index (Phi) is 6.61. The first-order valence-electron chi connectivity index (χ1n) is 13.1. The van der Waals surface area contributed by atoms with Crippen LogP contribution < -0.4 is 5.01 Å². The van der Waals surface area contributed by atoms with E-state index in [2.05, 4.69) is 4.98 Å². The first kappa shape index (κ1) is 29.7. The molecule has 0 unspecified atom stereocenters. The fourth-order valence-electron chi connectivity index (χ4n) is 6.97. The van der Waals surface area contributed by atoms with Crippen LogP contribution in [0, 0.1) is 17.8 Å². The zero-order valence-electron chi connectivity index (χ0n) is 22.4. The quantitative estimate of drug-likeness (QED) is 0.294. The van der Waals surface area contributed by atoms with Gasteiger partial charge in [-0.25, -0.2) is 4.98 Å². The van der Waals surface area contributed by atoms with E-state index in [0.717, 1.165) is 16.0 Å². The third-order valence-corrected chi connectivity index (χ3v) is 10.7. The second-order valence-corrected chi connectivity index (χ2v) is 12.7. The van der Waals surface area contributed by atoms with Gasteiger partial charge in [0.15, 0.2) is 15.6 Å². The van der Waals surface area contributed by atoms with Crippen molar-refractivity contribution in [3.8, 4) is 5.75 Å². The number of phenolic OH excluding ortho intramolecular Hbond substituents is 1. The minimum absolute atomic E-state index is 0.0456. The van der Waals surface area contributed by atoms with Crippen LogP contribution in [0.1, 0.15) is 30.0 Å². The lowest BCUT2D eigenvalue weighted by Crippen LogP contribution is -2.60. The molecule has 4 amide bonds. The second kappa shape index (κ2) is 9.57. The van der Waals surface area contributed by atoms with E-state index in [1.165, 1.54) is 38.4 Å². The number of alkyl halides is 5. The molecule has 15 heteroatoms. The lowest BCUT2D eigenvalue weighted by Gasteiger charge is -2.50. The van der Waals surface area contributed by atoms with Gasteiger partial charge in [0.2, 0.25) is 0 Å². The molecule has 4 aliphatic rings. The molecule has 9 nitrogen and oxygen atoms in total. The van der Waals surface area contributed by atoms with Crippen molar-refractivity contribution in [2.24, 2.45) is 17.8 Å². The number of allylic oxidation sites excluding steroid dienone is 2. The summed E-state index contributed by atoms with van der Waals surface area (Å²) >= 11 is 20.3. The number of hydrazine groups is 1. The maximum atomic E-state index is 14.1. The van der Waals surface area contributed by atoms with E-state index in [4.69, 9.17) is 34.8 Å². The number of phenols is 1. The number of carbonyl (C=O) groups excluding carboxylic acids is 4. The number of hydrogen-bond donors (Lipinski definition) is 1. The summed E-state index contributed by atoms with van der Waals surface area (Å²) in [6, 6.07) is 7.51. The number of aromatic hydroxyl groups is 1. The predicted octanol–water partition coefficient (Wildman–Crippen LogP) is 4.50. The Balaban J connectivity index is 1.45. The Bertz CT molecular complexity index is 1640. The predicted molar refractivity (Wildman–Crippen MR) is 148 cm³/mol. The molecule has 43 heavy (non-hydrogen) atoms. The number of nitrogens with zero attached hydrogens (tertiary/aromatic N) is 4. The Morgan fingerprint density at radius 2 is 1.65 bits per heavy atom. The van der Waals surface area contributed by atoms with Gasteiger partial charge >= 0.3 is 6.18 Å². The van der Waals surface area contributed by atoms with Crippen molar-refractivity contribution in [1.29, 1.82) is 0 Å². The van der Waals surface area contributed by atoms with E-state index < -0.39 is 74.7 Å². The highest BCUT2D eigenvalue weighted by atomic mass is 35.5. The smallest absolute Gasteiger partial charge is 0.433 e. The molecule has 2 aromatic rings. The van der Waals surface area contributed by atoms with Gasteiger partial charge in [0.1, 0.15) is 11.4 Å². The van der Waals surface area contributed by atoms with Crippen molar-refractivity contribution < 1.29 is 37.5 Å². The van der Waals surface area contributed by atoms with E-state index in [-0.39, 0.29) is 23.6 Å². The molecular weight excluding hydrogens is 636 g/mol. The third-order valence-electron chi connectivity index (χ3n) is 8.94. The normalized spacial score (nSPS) is 32.0. The molecule has 0 radical (unpaired) electrons. The maximum Gasteiger partial charge on any atom is 0.433 e. The van der Waals surface area contributed by atoms with Crippen LogP contribution in [0.15, 0.2) is 48.0 Å². The number of fused-ring (bicyclic) bond motifs is 4. The van der Waals surface area contributed by atoms with Crippen LogP contribution in [0.25, 0.3) is 0 Å². The van der Waals surface area contributed by atoms with Crippen molar-refractivity contribution in [3.05, 3.63) is 64.3 Å². The third kappa shape index (κ3) is 3.95. The average molecular weight is 658 g/mol. The number of carbonyl (C=O) groups is 4. The summed E-state index contributed by atoms with van der Waals surface area (Å²) in [5, 5.41) is 11.3. The first-order valence-corrected chi connectivity index (χ1v) is 14.2. The number of likely N-dealkylation sites (tertiary alicyclic amines) is 1. The fraction of sp³-hybridized carbons (Fsp3) is 0.393. The lowest BCUT2D eigenvalue weighted by atomic mass is 9.56. The molecule has 226 valence electrons. The minimum Gasteiger partial charge on any atom is -0.508 e. The molecule has 3 heterocycles. The number of benzene rings is 1. The zero-order valence-corrected chi connectivity index (χ0v) is 24.7. The number of amides is 4. The van der Waals surface area contributed by atoms with Crippen molar-refractivity contribution in [2.75, 3.05) is 19.1 Å². The number of pyridine rings is 1. The number of aromatic nitrogens is 1. The number of hydrogen-bond acceptors (Lipinski definition) is 7. The van der Waals surface area contributed by atoms with Crippen LogP contribution in [0.5, 0.6) is 5.75 Å². The highest BCUT2D eigenvalue weighted by Crippen LogP contribution is 2.65. The van der Waals surface area contributed by atoms with Crippen LogP contribution in [-0.4, -0.2) is 67.5 Å². The molecule has 2 aliphatic carbocycles. The van der Waals surface area contributed by atoms with E-state index in [9.17, 15) is 37.5 Å². The molecule has 0 bridgehead atoms. The zero-order chi connectivity index (χ0) is 31.4. The molecule has 2 saturated heterocycles. The Labute approximate surface area is 257 Å². The van der Waals surface area contributed by atoms with Crippen LogP contribution in [-0.2, 0) is 25.4 Å². The second-order valence-electron chi connectivity index (χ2n) is 11.1. The molecule has 1 aromatic heterocycles. The summed E-state index contributed by atoms with van der Waals surface area (Å²) in [6.07, 6.45) is -3.31. The monoisotopic (exact) mass is 656 g/mol. The van der Waals surface area contributed by atoms with Gasteiger partial charge in [-0.3, -0.25) is 29.1 Å². The van der Waals surface area contributed by atoms with Gasteiger partial charge in [-0.15, -0.1) is 23.2 Å². The average Bonchev–Trinajstić information content (AvgIpc) is 3.28. The van der Waals surface area contributed by atoms with Crippen LogP contribution >= 0.6 is 34.8 Å². The largest absolute Gasteiger partial charge is 0.508 e. The molecule has 1 N–H and O–H groups in total. The molecule has 0 spiro atoms. The molecule has 6 atom stereocenters. The highest BCUT2D eigenvalue weighted by Gasteiger charge is 2.76. The topological polar surface area (TPSA) is 111 Å². The SMILES string of the molecule is CN1C(=O)[C@]2(Cl)C[C@@H]3C(=CC[C@@H]4C(=O)N(N(C)c5nc(C(F)(F)F)ccc5Cl)C(=O)[C@@H]43)[C@H](c3ccc(O)cc3)[C@]2(Cl)C1=O. The summed E-state index contributed by atoms with van der Waals surface area (Å²) in [5.74, 6) is -7.32. The molecule has 2 aliphatic heterocycles. The summed E-state index contributed by atoms with van der Waals surface area (Å²) in [7, 11) is 2.47. The maximum absolute atomic E-state index is 14.1. The fourth-order valence-corrected chi connectivity index (χ4v) is 8.22. The molecule has 6 rings (SSSR count). The summed E-state index contributed by atoms with van der Waals surface area (Å²) < 4.78 is 40.2. The van der Waals surface area contributed by atoms with Crippen molar-refractivity contribution in [1.82, 2.24) is 14.9 Å². The number of halogens is 6. The van der Waals surface area contributed by atoms with Crippen LogP contribution in [0.2, 0.25) is 5.02 Å². The van der Waals surface area contributed by atoms with Crippen LogP contribution in [0.3, 0.4) is 0 Å². The van der Waals surface area contributed by atoms with Gasteiger partial charge in [0.25, 0.3) is 23.6 Å². The summed E-state index contributed by atoms with van der Waals surface area (Å²) in [4.78, 5) is 55.2. The van der Waals surface area contributed by atoms with E-state index in [1.54, 1.807) is 6.08 Å². The molecule has 1 aromatic carbocycles. The van der Waals surface area contributed by atoms with Gasteiger partial charge in [-0.05, 0) is 48.6 Å². The minimum atomic E-state index is -4.81. The Morgan fingerprint density at radius 1 is 1.00 bits per heavy atom. The number of imide groups is 2. The van der Waals surface area contributed by atoms with E-state index in [0.29, 0.717) is 22.2 Å². The summed E-state index contributed by atoms with van der Waals surface area (Å²) in [6.45, 7) is 0. The molecule has 3 fully saturated rings. The number of anilines is 1. The first-order chi connectivity index (χ1) is 20.0. The Hall–Kier alpha value is -3.35. The van der Waals surface area contributed by atoms with E-state index >= 15 is 0 Å². The van der Waals surface area contributed by atoms with Gasteiger partial charge < -0.3 is 5.11 Å². The van der Waals surface area contributed by atoms with Crippen molar-refractivity contribution in [2.45, 2.75) is 34.7 Å². The van der Waals surface area contributed by atoms with Crippen molar-refractivity contribution in [3.63, 3.8) is 0 Å². The van der Waals surface area contributed by atoms with Gasteiger partial charge in [-0.2, -0.15) is 18.2 Å². The van der Waals surface area contributed by atoms with Gasteiger partial charge in [0.05, 0.1) is 16.9 Å². The lowest BCUT2D eigenvalue weighted by molar-refractivity contribution is -0.141. The highest BCUT2D eigenvalue weighted by molar-refractivity contribution is 6.53. The van der Waals surface area contributed by atoms with Crippen molar-refractivity contribution >= 4 is 64.2 Å². The number of rotatable bonds is 3. The molecular formula is C28H22Cl3F3N4O5. The summed E-state index contributed by atoms with van der Waals surface area (Å²) in [5.41, 5.74) is -0.288. The molecule has 1 saturated carbocycles.